The lowest BCUT2D eigenvalue weighted by Crippen LogP contribution is -2.28. The second kappa shape index (κ2) is 10.3. The number of rotatable bonds is 11. The molecule has 0 spiro atoms. The van der Waals surface area contributed by atoms with Crippen molar-refractivity contribution in [1.82, 2.24) is 4.98 Å². The molecule has 1 fully saturated rings. The van der Waals surface area contributed by atoms with Crippen LogP contribution in [0.25, 0.3) is 0 Å². The number of pyridine rings is 1. The molecule has 5 rings (SSSR count). The van der Waals surface area contributed by atoms with Gasteiger partial charge >= 0.3 is 0 Å². The molecule has 9 heteroatoms. The number of anilines is 1. The molecular formula is C27H27N3O6. The SMILES string of the molecule is COc1ccccc1C(OCCCN=O)c1ccc(NC(=O)C2(c3ccc4c(c3)OCO4)CC2)nc1. The summed E-state index contributed by atoms with van der Waals surface area (Å²) in [4.78, 5) is 28.2. The average Bonchev–Trinajstić information content (AvgIpc) is 3.60. The van der Waals surface area contributed by atoms with Crippen LogP contribution in [-0.4, -0.2) is 37.9 Å². The number of fused-ring (bicyclic) bond motifs is 1. The Kier molecular flexibility index (Phi) is 6.81. The molecule has 186 valence electrons. The fraction of sp³-hybridized carbons (Fsp3) is 0.333. The number of hydrogen-bond donors (Lipinski definition) is 1. The van der Waals surface area contributed by atoms with Gasteiger partial charge in [-0.15, -0.1) is 0 Å². The fourth-order valence-electron chi connectivity index (χ4n) is 4.42. The van der Waals surface area contributed by atoms with E-state index in [1.165, 1.54) is 0 Å². The third kappa shape index (κ3) is 4.74. The van der Waals surface area contributed by atoms with Gasteiger partial charge in [-0.3, -0.25) is 4.79 Å². The molecule has 1 aliphatic carbocycles. The Bertz CT molecular complexity index is 1240. The number of nitrogens with one attached hydrogen (secondary N) is 1. The van der Waals surface area contributed by atoms with Crippen LogP contribution >= 0.6 is 0 Å². The number of amides is 1. The van der Waals surface area contributed by atoms with E-state index in [4.69, 9.17) is 18.9 Å². The summed E-state index contributed by atoms with van der Waals surface area (Å²) < 4.78 is 22.5. The molecule has 0 radical (unpaired) electrons. The Hall–Kier alpha value is -3.98. The van der Waals surface area contributed by atoms with Crippen molar-refractivity contribution < 1.29 is 23.7 Å². The summed E-state index contributed by atoms with van der Waals surface area (Å²) in [5.74, 6) is 2.41. The molecule has 0 saturated heterocycles. The van der Waals surface area contributed by atoms with E-state index in [2.05, 4.69) is 15.5 Å². The molecule has 2 aliphatic rings. The third-order valence-electron chi connectivity index (χ3n) is 6.54. The first-order valence-corrected chi connectivity index (χ1v) is 11.9. The number of benzene rings is 2. The molecule has 3 aromatic rings. The van der Waals surface area contributed by atoms with Crippen molar-refractivity contribution in [1.29, 1.82) is 0 Å². The van der Waals surface area contributed by atoms with Crippen LogP contribution in [0.5, 0.6) is 17.2 Å². The molecule has 1 unspecified atom stereocenters. The van der Waals surface area contributed by atoms with Crippen LogP contribution in [-0.2, 0) is 14.9 Å². The first kappa shape index (κ1) is 23.7. The topological polar surface area (TPSA) is 108 Å². The lowest BCUT2D eigenvalue weighted by Gasteiger charge is -2.21. The van der Waals surface area contributed by atoms with Crippen LogP contribution < -0.4 is 19.5 Å². The molecule has 2 heterocycles. The minimum atomic E-state index is -0.586. The van der Waals surface area contributed by atoms with E-state index in [0.29, 0.717) is 36.1 Å². The van der Waals surface area contributed by atoms with Crippen LogP contribution in [0.4, 0.5) is 5.82 Å². The number of carbonyl (C=O) groups excluding carboxylic acids is 1. The number of ether oxygens (including phenoxy) is 4. The van der Waals surface area contributed by atoms with E-state index < -0.39 is 11.5 Å². The van der Waals surface area contributed by atoms with Crippen molar-refractivity contribution in [2.24, 2.45) is 5.18 Å². The van der Waals surface area contributed by atoms with Crippen molar-refractivity contribution in [2.75, 3.05) is 32.4 Å². The molecule has 1 aromatic heterocycles. The molecule has 9 nitrogen and oxygen atoms in total. The van der Waals surface area contributed by atoms with Gasteiger partial charge < -0.3 is 24.3 Å². The second-order valence-corrected chi connectivity index (χ2v) is 8.78. The molecular weight excluding hydrogens is 462 g/mol. The number of para-hydroxylation sites is 1. The van der Waals surface area contributed by atoms with Gasteiger partial charge in [0, 0.05) is 23.9 Å². The Labute approximate surface area is 208 Å². The highest BCUT2D eigenvalue weighted by Crippen LogP contribution is 2.51. The number of methoxy groups -OCH3 is 1. The first-order chi connectivity index (χ1) is 17.6. The zero-order chi connectivity index (χ0) is 25.0. The van der Waals surface area contributed by atoms with Crippen molar-refractivity contribution in [2.45, 2.75) is 30.8 Å². The zero-order valence-electron chi connectivity index (χ0n) is 19.9. The number of carbonyl (C=O) groups is 1. The molecule has 1 amide bonds. The maximum Gasteiger partial charge on any atom is 0.236 e. The van der Waals surface area contributed by atoms with Crippen LogP contribution in [0.1, 0.15) is 42.1 Å². The lowest BCUT2D eigenvalue weighted by atomic mass is 9.94. The number of nitroso groups, excluding NO2 is 1. The van der Waals surface area contributed by atoms with Crippen molar-refractivity contribution in [3.8, 4) is 17.2 Å². The largest absolute Gasteiger partial charge is 0.496 e. The number of aromatic nitrogens is 1. The van der Waals surface area contributed by atoms with Gasteiger partial charge in [-0.1, -0.05) is 35.5 Å². The summed E-state index contributed by atoms with van der Waals surface area (Å²) in [5.41, 5.74) is 1.97. The van der Waals surface area contributed by atoms with Crippen LogP contribution in [0.2, 0.25) is 0 Å². The monoisotopic (exact) mass is 489 g/mol. The minimum absolute atomic E-state index is 0.0968. The van der Waals surface area contributed by atoms with E-state index in [9.17, 15) is 9.70 Å². The van der Waals surface area contributed by atoms with Crippen molar-refractivity contribution in [3.05, 3.63) is 82.4 Å². The predicted octanol–water partition coefficient (Wildman–Crippen LogP) is 4.75. The molecule has 1 atom stereocenters. The average molecular weight is 490 g/mol. The van der Waals surface area contributed by atoms with Gasteiger partial charge in [0.2, 0.25) is 12.7 Å². The van der Waals surface area contributed by atoms with E-state index in [-0.39, 0.29) is 19.2 Å². The predicted molar refractivity (Wildman–Crippen MR) is 132 cm³/mol. The van der Waals surface area contributed by atoms with Crippen molar-refractivity contribution in [3.63, 3.8) is 0 Å². The normalized spacial score (nSPS) is 15.7. The molecule has 1 saturated carbocycles. The Morgan fingerprint density at radius 2 is 1.97 bits per heavy atom. The van der Waals surface area contributed by atoms with Crippen LogP contribution in [0.3, 0.4) is 0 Å². The maximum absolute atomic E-state index is 13.2. The van der Waals surface area contributed by atoms with E-state index >= 15 is 0 Å². The summed E-state index contributed by atoms with van der Waals surface area (Å²) in [7, 11) is 1.61. The fourth-order valence-corrected chi connectivity index (χ4v) is 4.42. The van der Waals surface area contributed by atoms with Gasteiger partial charge in [-0.2, -0.15) is 4.91 Å². The zero-order valence-corrected chi connectivity index (χ0v) is 19.9. The highest BCUT2D eigenvalue weighted by molar-refractivity contribution is 6.01. The second-order valence-electron chi connectivity index (χ2n) is 8.78. The van der Waals surface area contributed by atoms with Gasteiger partial charge in [-0.25, -0.2) is 4.98 Å². The summed E-state index contributed by atoms with van der Waals surface area (Å²) in [6.07, 6.45) is 3.27. The quantitative estimate of drug-likeness (QED) is 0.306. The number of nitrogens with zero attached hydrogens (tertiary/aromatic N) is 2. The van der Waals surface area contributed by atoms with Crippen LogP contribution in [0.15, 0.2) is 66.0 Å². The summed E-state index contributed by atoms with van der Waals surface area (Å²) in [5, 5.41) is 5.86. The summed E-state index contributed by atoms with van der Waals surface area (Å²) in [6, 6.07) is 16.9. The Morgan fingerprint density at radius 1 is 1.14 bits per heavy atom. The highest BCUT2D eigenvalue weighted by Gasteiger charge is 2.51. The van der Waals surface area contributed by atoms with Gasteiger partial charge in [0.1, 0.15) is 17.7 Å². The van der Waals surface area contributed by atoms with Crippen LogP contribution in [0, 0.1) is 4.91 Å². The smallest absolute Gasteiger partial charge is 0.236 e. The lowest BCUT2D eigenvalue weighted by molar-refractivity contribution is -0.118. The van der Waals surface area contributed by atoms with E-state index in [1.807, 2.05) is 48.5 Å². The molecule has 1 N–H and O–H groups in total. The molecule has 0 bridgehead atoms. The number of hydrogen-bond acceptors (Lipinski definition) is 8. The van der Waals surface area contributed by atoms with E-state index in [0.717, 1.165) is 29.5 Å². The minimum Gasteiger partial charge on any atom is -0.496 e. The Morgan fingerprint density at radius 3 is 2.72 bits per heavy atom. The molecule has 1 aliphatic heterocycles. The van der Waals surface area contributed by atoms with Gasteiger partial charge in [-0.05, 0) is 49.1 Å². The molecule has 36 heavy (non-hydrogen) atoms. The van der Waals surface area contributed by atoms with Crippen molar-refractivity contribution >= 4 is 11.7 Å². The van der Waals surface area contributed by atoms with Gasteiger partial charge in [0.25, 0.3) is 0 Å². The Balaban J connectivity index is 1.32. The standard InChI is InChI=1S/C27H27N3O6/c1-33-21-6-3-2-5-20(21)25(34-14-4-13-29-32)18-7-10-24(28-16-18)30-26(31)27(11-12-27)19-8-9-22-23(15-19)36-17-35-22/h2-3,5-10,15-16,25H,4,11-14,17H2,1H3,(H,28,30,31). The summed E-state index contributed by atoms with van der Waals surface area (Å²) >= 11 is 0. The highest BCUT2D eigenvalue weighted by atomic mass is 16.7. The molecule has 2 aromatic carbocycles. The van der Waals surface area contributed by atoms with Gasteiger partial charge in [0.05, 0.1) is 19.1 Å². The van der Waals surface area contributed by atoms with E-state index in [1.54, 1.807) is 19.4 Å². The van der Waals surface area contributed by atoms with Gasteiger partial charge in [0.15, 0.2) is 11.5 Å². The first-order valence-electron chi connectivity index (χ1n) is 11.9. The summed E-state index contributed by atoms with van der Waals surface area (Å²) in [6.45, 7) is 0.736. The maximum atomic E-state index is 13.2. The third-order valence-corrected chi connectivity index (χ3v) is 6.54.